The molecule has 2 amide bonds. The number of amides is 2. The van der Waals surface area contributed by atoms with Gasteiger partial charge in [-0.25, -0.2) is 4.79 Å². The third kappa shape index (κ3) is 3.10. The topological polar surface area (TPSA) is 71.0 Å². The highest BCUT2D eigenvalue weighted by Gasteiger charge is 2.28. The summed E-state index contributed by atoms with van der Waals surface area (Å²) < 4.78 is 0. The lowest BCUT2D eigenvalue weighted by Crippen LogP contribution is -2.33. The number of rotatable bonds is 3. The van der Waals surface area contributed by atoms with E-state index in [1.807, 2.05) is 37.4 Å². The maximum Gasteiger partial charge on any atom is 0.323 e. The Labute approximate surface area is 149 Å². The van der Waals surface area contributed by atoms with Crippen molar-refractivity contribution in [2.45, 2.75) is 18.9 Å². The van der Waals surface area contributed by atoms with Crippen LogP contribution in [0.3, 0.4) is 0 Å². The average Bonchev–Trinajstić information content (AvgIpc) is 3.29. The second kappa shape index (κ2) is 6.60. The van der Waals surface area contributed by atoms with Crippen LogP contribution in [0.4, 0.5) is 9.93 Å². The molecule has 1 N–H and O–H groups in total. The number of pyridine rings is 1. The fraction of sp³-hybridized carbons (Fsp3) is 0.222. The van der Waals surface area contributed by atoms with Crippen molar-refractivity contribution in [2.24, 2.45) is 0 Å². The van der Waals surface area contributed by atoms with Gasteiger partial charge in [-0.3, -0.25) is 10.3 Å². The predicted octanol–water partition coefficient (Wildman–Crippen LogP) is 3.75. The van der Waals surface area contributed by atoms with E-state index in [0.717, 1.165) is 18.5 Å². The number of nitrogens with one attached hydrogen (secondary N) is 1. The van der Waals surface area contributed by atoms with Crippen molar-refractivity contribution in [3.8, 4) is 10.7 Å². The largest absolute Gasteiger partial charge is 0.323 e. The van der Waals surface area contributed by atoms with Crippen LogP contribution >= 0.6 is 11.3 Å². The Morgan fingerprint density at radius 3 is 2.88 bits per heavy atom. The number of urea groups is 1. The Morgan fingerprint density at radius 2 is 2.04 bits per heavy atom. The number of carbonyl (C=O) groups is 1. The number of anilines is 1. The van der Waals surface area contributed by atoms with Crippen molar-refractivity contribution in [3.63, 3.8) is 0 Å². The number of hydrogen-bond donors (Lipinski definition) is 1. The minimum Gasteiger partial charge on any atom is -0.320 e. The number of aromatic nitrogens is 3. The molecule has 6 nitrogen and oxygen atoms in total. The number of benzene rings is 1. The van der Waals surface area contributed by atoms with E-state index in [1.54, 1.807) is 11.1 Å². The van der Waals surface area contributed by atoms with Gasteiger partial charge in [0.15, 0.2) is 5.01 Å². The van der Waals surface area contributed by atoms with Gasteiger partial charge < -0.3 is 4.90 Å². The number of hydrogen-bond acceptors (Lipinski definition) is 5. The summed E-state index contributed by atoms with van der Waals surface area (Å²) in [6, 6.07) is 13.8. The first-order valence-corrected chi connectivity index (χ1v) is 8.90. The summed E-state index contributed by atoms with van der Waals surface area (Å²) in [6.45, 7) is 0. The van der Waals surface area contributed by atoms with Crippen LogP contribution < -0.4 is 5.32 Å². The van der Waals surface area contributed by atoms with Crippen LogP contribution in [0.5, 0.6) is 0 Å². The van der Waals surface area contributed by atoms with E-state index in [0.29, 0.717) is 10.1 Å². The molecule has 0 bridgehead atoms. The fourth-order valence-corrected chi connectivity index (χ4v) is 3.83. The molecule has 0 aliphatic heterocycles. The van der Waals surface area contributed by atoms with Gasteiger partial charge in [0, 0.05) is 13.2 Å². The standard InChI is InChI=1S/C18H17N5OS/c1-23(15-10-9-12-6-2-3-7-13(12)15)18(24)20-17-22-21-16(25-17)14-8-4-5-11-19-14/h2-8,11,15H,9-10H2,1H3,(H,20,22,24). The maximum atomic E-state index is 12.6. The number of carbonyl (C=O) groups excluding carboxylic acids is 1. The molecule has 3 aromatic rings. The summed E-state index contributed by atoms with van der Waals surface area (Å²) >= 11 is 1.32. The minimum absolute atomic E-state index is 0.0966. The van der Waals surface area contributed by atoms with E-state index in [4.69, 9.17) is 0 Å². The molecule has 0 saturated carbocycles. The van der Waals surface area contributed by atoms with Crippen molar-refractivity contribution < 1.29 is 4.79 Å². The Kier molecular flexibility index (Phi) is 4.15. The van der Waals surface area contributed by atoms with E-state index in [9.17, 15) is 4.79 Å². The van der Waals surface area contributed by atoms with Crippen LogP contribution in [0.15, 0.2) is 48.7 Å². The summed E-state index contributed by atoms with van der Waals surface area (Å²) in [5.74, 6) is 0. The summed E-state index contributed by atoms with van der Waals surface area (Å²) in [6.07, 6.45) is 3.65. The molecule has 0 saturated heterocycles. The lowest BCUT2D eigenvalue weighted by atomic mass is 10.1. The summed E-state index contributed by atoms with van der Waals surface area (Å²) in [7, 11) is 1.82. The average molecular weight is 351 g/mol. The molecule has 0 spiro atoms. The Balaban J connectivity index is 1.47. The van der Waals surface area contributed by atoms with Gasteiger partial charge in [-0.2, -0.15) is 0 Å². The van der Waals surface area contributed by atoms with Crippen LogP contribution in [0.1, 0.15) is 23.6 Å². The molecule has 2 aromatic heterocycles. The van der Waals surface area contributed by atoms with Crippen LogP contribution in [0.25, 0.3) is 10.7 Å². The predicted molar refractivity (Wildman–Crippen MR) is 97.4 cm³/mol. The molecular weight excluding hydrogens is 334 g/mol. The van der Waals surface area contributed by atoms with Crippen LogP contribution in [0.2, 0.25) is 0 Å². The molecule has 2 heterocycles. The normalized spacial score (nSPS) is 15.6. The van der Waals surface area contributed by atoms with Gasteiger partial charge in [0.05, 0.1) is 6.04 Å². The van der Waals surface area contributed by atoms with Crippen molar-refractivity contribution in [3.05, 3.63) is 59.8 Å². The van der Waals surface area contributed by atoms with Crippen LogP contribution in [-0.2, 0) is 6.42 Å². The molecular formula is C18H17N5OS. The van der Waals surface area contributed by atoms with Gasteiger partial charge in [-0.1, -0.05) is 41.7 Å². The fourth-order valence-electron chi connectivity index (χ4n) is 3.12. The summed E-state index contributed by atoms with van der Waals surface area (Å²) in [4.78, 5) is 18.6. The molecule has 0 radical (unpaired) electrons. The molecule has 1 aliphatic rings. The van der Waals surface area contributed by atoms with E-state index < -0.39 is 0 Å². The highest BCUT2D eigenvalue weighted by atomic mass is 32.1. The van der Waals surface area contributed by atoms with Crippen molar-refractivity contribution in [2.75, 3.05) is 12.4 Å². The van der Waals surface area contributed by atoms with Crippen molar-refractivity contribution in [1.29, 1.82) is 0 Å². The third-order valence-electron chi connectivity index (χ3n) is 4.41. The van der Waals surface area contributed by atoms with Gasteiger partial charge >= 0.3 is 6.03 Å². The zero-order valence-electron chi connectivity index (χ0n) is 13.7. The molecule has 1 aromatic carbocycles. The lowest BCUT2D eigenvalue weighted by Gasteiger charge is -2.25. The molecule has 7 heteroatoms. The first-order chi connectivity index (χ1) is 12.2. The highest BCUT2D eigenvalue weighted by Crippen LogP contribution is 2.35. The van der Waals surface area contributed by atoms with E-state index in [2.05, 4.69) is 32.6 Å². The number of nitrogens with zero attached hydrogens (tertiary/aromatic N) is 4. The second-order valence-corrected chi connectivity index (χ2v) is 6.90. The van der Waals surface area contributed by atoms with Gasteiger partial charge in [-0.15, -0.1) is 10.2 Å². The maximum absolute atomic E-state index is 12.6. The molecule has 1 aliphatic carbocycles. The molecule has 0 fully saturated rings. The number of fused-ring (bicyclic) bond motifs is 1. The molecule has 126 valence electrons. The van der Waals surface area contributed by atoms with Gasteiger partial charge in [0.2, 0.25) is 5.13 Å². The van der Waals surface area contributed by atoms with Crippen LogP contribution in [0, 0.1) is 0 Å². The van der Waals surface area contributed by atoms with E-state index >= 15 is 0 Å². The molecule has 1 atom stereocenters. The van der Waals surface area contributed by atoms with E-state index in [-0.39, 0.29) is 12.1 Å². The zero-order valence-corrected chi connectivity index (χ0v) is 14.5. The first-order valence-electron chi connectivity index (χ1n) is 8.09. The highest BCUT2D eigenvalue weighted by molar-refractivity contribution is 7.18. The Hall–Kier alpha value is -2.80. The lowest BCUT2D eigenvalue weighted by molar-refractivity contribution is 0.204. The molecule has 4 rings (SSSR count). The quantitative estimate of drug-likeness (QED) is 0.780. The second-order valence-electron chi connectivity index (χ2n) is 5.92. The monoisotopic (exact) mass is 351 g/mol. The van der Waals surface area contributed by atoms with Gasteiger partial charge in [-0.05, 0) is 36.1 Å². The number of aryl methyl sites for hydroxylation is 1. The molecule has 25 heavy (non-hydrogen) atoms. The first kappa shape index (κ1) is 15.7. The third-order valence-corrected chi connectivity index (χ3v) is 5.27. The van der Waals surface area contributed by atoms with Crippen molar-refractivity contribution in [1.82, 2.24) is 20.1 Å². The minimum atomic E-state index is -0.176. The van der Waals surface area contributed by atoms with Gasteiger partial charge in [0.25, 0.3) is 0 Å². The summed E-state index contributed by atoms with van der Waals surface area (Å²) in [5.41, 5.74) is 3.30. The Bertz CT molecular complexity index is 895. The summed E-state index contributed by atoms with van der Waals surface area (Å²) in [5, 5.41) is 12.2. The smallest absolute Gasteiger partial charge is 0.320 e. The van der Waals surface area contributed by atoms with Crippen LogP contribution in [-0.4, -0.2) is 33.2 Å². The van der Waals surface area contributed by atoms with Gasteiger partial charge in [0.1, 0.15) is 5.69 Å². The van der Waals surface area contributed by atoms with Crippen molar-refractivity contribution >= 4 is 22.5 Å². The SMILES string of the molecule is CN(C(=O)Nc1nnc(-c2ccccn2)s1)C1CCc2ccccc21. The van der Waals surface area contributed by atoms with E-state index in [1.165, 1.54) is 22.5 Å². The zero-order chi connectivity index (χ0) is 17.2. The molecule has 1 unspecified atom stereocenters. The Morgan fingerprint density at radius 1 is 1.20 bits per heavy atom.